The summed E-state index contributed by atoms with van der Waals surface area (Å²) in [6, 6.07) is 3.99. The molecule has 3 N–H and O–H groups in total. The van der Waals surface area contributed by atoms with E-state index in [0.717, 1.165) is 0 Å². The minimum Gasteiger partial charge on any atom is -0.393 e. The van der Waals surface area contributed by atoms with Crippen molar-refractivity contribution in [2.45, 2.75) is 0 Å². The molecule has 1 rings (SSSR count). The second-order valence-corrected chi connectivity index (χ2v) is 5.05. The average molecular weight is 293 g/mol. The van der Waals surface area contributed by atoms with E-state index in [1.54, 1.807) is 0 Å². The van der Waals surface area contributed by atoms with E-state index in [-0.39, 0.29) is 16.7 Å². The van der Waals surface area contributed by atoms with Gasteiger partial charge in [0.2, 0.25) is 5.91 Å². The van der Waals surface area contributed by atoms with E-state index in [2.05, 4.69) is 17.5 Å². The first-order chi connectivity index (χ1) is 7.99. The van der Waals surface area contributed by atoms with Crippen LogP contribution in [-0.2, 0) is 4.79 Å². The summed E-state index contributed by atoms with van der Waals surface area (Å²) in [4.78, 5) is 11.8. The van der Waals surface area contributed by atoms with Gasteiger partial charge < -0.3 is 11.1 Å². The molecule has 0 aliphatic rings. The molecule has 7 heteroatoms. The van der Waals surface area contributed by atoms with Gasteiger partial charge in [-0.3, -0.25) is 4.79 Å². The Morgan fingerprint density at radius 3 is 2.82 bits per heavy atom. The van der Waals surface area contributed by atoms with Crippen LogP contribution in [0.15, 0.2) is 18.2 Å². The fourth-order valence-corrected chi connectivity index (χ4v) is 2.01. The van der Waals surface area contributed by atoms with E-state index in [0.29, 0.717) is 16.4 Å². The normalized spacial score (nSPS) is 10.0. The molecule has 3 nitrogen and oxygen atoms in total. The van der Waals surface area contributed by atoms with E-state index in [4.69, 9.17) is 17.3 Å². The predicted octanol–water partition coefficient (Wildman–Crippen LogP) is 2.44. The van der Waals surface area contributed by atoms with Gasteiger partial charge in [-0.25, -0.2) is 4.39 Å². The van der Waals surface area contributed by atoms with Crippen molar-refractivity contribution in [1.82, 2.24) is 0 Å². The first-order valence-electron chi connectivity index (χ1n) is 4.60. The van der Waals surface area contributed by atoms with Crippen LogP contribution >= 0.6 is 35.6 Å². The summed E-state index contributed by atoms with van der Waals surface area (Å²) in [5.74, 6) is -0.0549. The number of carbonyl (C=O) groups is 1. The molecule has 0 aliphatic heterocycles. The molecule has 0 heterocycles. The molecule has 0 bridgehead atoms. The number of thiocarbonyl (C=S) groups is 1. The number of nitrogens with one attached hydrogen (secondary N) is 1. The van der Waals surface area contributed by atoms with Crippen LogP contribution < -0.4 is 11.1 Å². The second-order valence-electron chi connectivity index (χ2n) is 3.14. The summed E-state index contributed by atoms with van der Waals surface area (Å²) in [7, 11) is 0. The van der Waals surface area contributed by atoms with Gasteiger partial charge in [0.1, 0.15) is 5.82 Å². The van der Waals surface area contributed by atoms with Gasteiger partial charge >= 0.3 is 0 Å². The fourth-order valence-electron chi connectivity index (χ4n) is 1.02. The molecular weight excluding hydrogens is 283 g/mol. The summed E-state index contributed by atoms with van der Waals surface area (Å²) in [5.41, 5.74) is 5.74. The summed E-state index contributed by atoms with van der Waals surface area (Å²) in [6.45, 7) is 0. The first-order valence-corrected chi connectivity index (χ1v) is 6.54. The third-order valence-electron chi connectivity index (χ3n) is 1.68. The number of anilines is 1. The molecule has 92 valence electrons. The molecule has 0 unspecified atom stereocenters. The van der Waals surface area contributed by atoms with Gasteiger partial charge in [0.25, 0.3) is 0 Å². The van der Waals surface area contributed by atoms with Crippen LogP contribution in [0, 0.1) is 5.82 Å². The van der Waals surface area contributed by atoms with Crippen molar-refractivity contribution < 1.29 is 9.18 Å². The molecule has 0 saturated carbocycles. The summed E-state index contributed by atoms with van der Waals surface area (Å²) < 4.78 is 12.9. The molecule has 1 aromatic rings. The topological polar surface area (TPSA) is 55.1 Å². The van der Waals surface area contributed by atoms with Crippen LogP contribution in [0.2, 0.25) is 5.02 Å². The number of thioether (sulfide) groups is 1. The number of benzene rings is 1. The number of rotatable bonds is 5. The van der Waals surface area contributed by atoms with Crippen LogP contribution in [0.5, 0.6) is 0 Å². The van der Waals surface area contributed by atoms with Crippen molar-refractivity contribution in [3.05, 3.63) is 29.0 Å². The number of halogens is 2. The van der Waals surface area contributed by atoms with Crippen LogP contribution in [0.3, 0.4) is 0 Å². The maximum atomic E-state index is 12.9. The van der Waals surface area contributed by atoms with Crippen LogP contribution in [0.1, 0.15) is 0 Å². The lowest BCUT2D eigenvalue weighted by Crippen LogP contribution is -2.17. The summed E-state index contributed by atoms with van der Waals surface area (Å²) >= 11 is 11.6. The van der Waals surface area contributed by atoms with Crippen molar-refractivity contribution in [2.24, 2.45) is 5.73 Å². The van der Waals surface area contributed by atoms with E-state index >= 15 is 0 Å². The van der Waals surface area contributed by atoms with Crippen molar-refractivity contribution >= 4 is 52.2 Å². The Morgan fingerprint density at radius 1 is 1.53 bits per heavy atom. The van der Waals surface area contributed by atoms with E-state index < -0.39 is 5.82 Å². The predicted molar refractivity (Wildman–Crippen MR) is 74.2 cm³/mol. The molecular formula is C10H10ClFN2OS2. The highest BCUT2D eigenvalue weighted by atomic mass is 35.5. The zero-order valence-electron chi connectivity index (χ0n) is 8.70. The smallest absolute Gasteiger partial charge is 0.234 e. The summed E-state index contributed by atoms with van der Waals surface area (Å²) in [5, 5.41) is 2.56. The number of carbonyl (C=O) groups excluding carboxylic acids is 1. The van der Waals surface area contributed by atoms with Gasteiger partial charge in [-0.15, -0.1) is 11.8 Å². The van der Waals surface area contributed by atoms with Crippen LogP contribution in [0.25, 0.3) is 0 Å². The van der Waals surface area contributed by atoms with Gasteiger partial charge in [-0.05, 0) is 18.2 Å². The molecule has 0 fully saturated rings. The third-order valence-corrected chi connectivity index (χ3v) is 3.28. The van der Waals surface area contributed by atoms with Crippen molar-refractivity contribution in [3.8, 4) is 0 Å². The molecule has 1 aromatic carbocycles. The van der Waals surface area contributed by atoms with Crippen molar-refractivity contribution in [2.75, 3.05) is 16.8 Å². The quantitative estimate of drug-likeness (QED) is 0.819. The highest BCUT2D eigenvalue weighted by Gasteiger charge is 2.05. The molecule has 0 atom stereocenters. The van der Waals surface area contributed by atoms with E-state index in [9.17, 15) is 9.18 Å². The Balaban J connectivity index is 2.45. The van der Waals surface area contributed by atoms with Gasteiger partial charge in [-0.1, -0.05) is 23.8 Å². The lowest BCUT2D eigenvalue weighted by Gasteiger charge is -2.05. The largest absolute Gasteiger partial charge is 0.393 e. The zero-order chi connectivity index (χ0) is 12.8. The lowest BCUT2D eigenvalue weighted by atomic mass is 10.3. The average Bonchev–Trinajstić information content (AvgIpc) is 2.23. The number of hydrogen-bond acceptors (Lipinski definition) is 3. The molecule has 0 radical (unpaired) electrons. The minimum atomic E-state index is -0.521. The molecule has 0 saturated heterocycles. The van der Waals surface area contributed by atoms with Crippen LogP contribution in [0.4, 0.5) is 10.1 Å². The Kier molecular flexibility index (Phi) is 5.67. The lowest BCUT2D eigenvalue weighted by molar-refractivity contribution is -0.113. The molecule has 17 heavy (non-hydrogen) atoms. The number of amides is 1. The first kappa shape index (κ1) is 14.2. The van der Waals surface area contributed by atoms with E-state index in [1.165, 1.54) is 30.0 Å². The molecule has 1 amide bonds. The fraction of sp³-hybridized carbons (Fsp3) is 0.200. The van der Waals surface area contributed by atoms with Crippen molar-refractivity contribution in [3.63, 3.8) is 0 Å². The van der Waals surface area contributed by atoms with Crippen LogP contribution in [-0.4, -0.2) is 22.4 Å². The Morgan fingerprint density at radius 2 is 2.24 bits per heavy atom. The summed E-state index contributed by atoms with van der Waals surface area (Å²) in [6.07, 6.45) is 0. The zero-order valence-corrected chi connectivity index (χ0v) is 11.1. The van der Waals surface area contributed by atoms with Crippen molar-refractivity contribution in [1.29, 1.82) is 0 Å². The maximum absolute atomic E-state index is 12.9. The Bertz CT molecular complexity index is 442. The third kappa shape index (κ3) is 5.34. The van der Waals surface area contributed by atoms with Gasteiger partial charge in [0, 0.05) is 11.4 Å². The maximum Gasteiger partial charge on any atom is 0.234 e. The number of nitrogens with two attached hydrogens (primary N) is 1. The minimum absolute atomic E-state index is 0.0291. The Hall–Kier alpha value is -0.850. The highest BCUT2D eigenvalue weighted by molar-refractivity contribution is 8.01. The van der Waals surface area contributed by atoms with Gasteiger partial charge in [0.05, 0.1) is 15.8 Å². The molecule has 0 aromatic heterocycles. The Labute approximate surface area is 113 Å². The van der Waals surface area contributed by atoms with Gasteiger partial charge in [0.15, 0.2) is 0 Å². The highest BCUT2D eigenvalue weighted by Crippen LogP contribution is 2.19. The SMILES string of the molecule is NC(=S)CSCC(=O)Nc1ccc(F)c(Cl)c1. The standard InChI is InChI=1S/C10H10ClFN2OS2/c11-7-3-6(1-2-8(7)12)14-10(15)5-17-4-9(13)16/h1-3H,4-5H2,(H2,13,16)(H,14,15). The second kappa shape index (κ2) is 6.78. The molecule has 0 aliphatic carbocycles. The van der Waals surface area contributed by atoms with E-state index in [1.807, 2.05) is 0 Å². The monoisotopic (exact) mass is 292 g/mol. The number of hydrogen-bond donors (Lipinski definition) is 2. The molecule has 0 spiro atoms. The van der Waals surface area contributed by atoms with Gasteiger partial charge in [-0.2, -0.15) is 0 Å².